The summed E-state index contributed by atoms with van der Waals surface area (Å²) >= 11 is -0.205. The Bertz CT molecular complexity index is 81.1. The van der Waals surface area contributed by atoms with Crippen LogP contribution in [0.2, 0.25) is 0 Å². The molecule has 0 aromatic carbocycles. The first kappa shape index (κ1) is 8.33. The maximum Gasteiger partial charge on any atom is 0.186 e. The highest BCUT2D eigenvalue weighted by Crippen LogP contribution is 2.05. The lowest BCUT2D eigenvalue weighted by atomic mass is 10.5. The highest BCUT2D eigenvalue weighted by atomic mass is 32.2. The molecule has 1 N–H and O–H groups in total. The molecule has 0 spiro atoms. The molecule has 0 aromatic heterocycles. The van der Waals surface area contributed by atoms with Gasteiger partial charge < -0.3 is 4.74 Å². The fraction of sp³-hybridized carbons (Fsp3) is 1.00. The van der Waals surface area contributed by atoms with Crippen LogP contribution in [0.3, 0.4) is 0 Å². The smallest absolute Gasteiger partial charge is 0.186 e. The van der Waals surface area contributed by atoms with E-state index >= 15 is 0 Å². The fourth-order valence-electron chi connectivity index (χ4n) is 0.923. The Morgan fingerprint density at radius 2 is 1.80 bits per heavy atom. The van der Waals surface area contributed by atoms with Crippen molar-refractivity contribution in [1.29, 1.82) is 0 Å². The summed E-state index contributed by atoms with van der Waals surface area (Å²) < 4.78 is 9.53. The van der Waals surface area contributed by atoms with Crippen LogP contribution in [0.25, 0.3) is 0 Å². The molecule has 1 saturated heterocycles. The Labute approximate surface area is 63.8 Å². The van der Waals surface area contributed by atoms with Gasteiger partial charge in [-0.25, -0.2) is 5.26 Å². The number of hydrogen-bond acceptors (Lipinski definition) is 3. The molecule has 0 unspecified atom stereocenters. The van der Waals surface area contributed by atoms with Crippen molar-refractivity contribution in [3.63, 3.8) is 0 Å². The number of hydrogen-bond donors (Lipinski definition) is 1. The Morgan fingerprint density at radius 3 is 2.30 bits per heavy atom. The van der Waals surface area contributed by atoms with Gasteiger partial charge in [-0.1, -0.05) is 0 Å². The van der Waals surface area contributed by atoms with Crippen molar-refractivity contribution in [3.8, 4) is 0 Å². The second kappa shape index (κ2) is 4.96. The molecular formula is C6H13O3S+. The first-order valence-corrected chi connectivity index (χ1v) is 4.99. The van der Waals surface area contributed by atoms with E-state index in [2.05, 4.69) is 4.33 Å². The maximum atomic E-state index is 8.38. The normalized spacial score (nSPS) is 23.7. The van der Waals surface area contributed by atoms with Crippen molar-refractivity contribution in [2.75, 3.05) is 24.7 Å². The summed E-state index contributed by atoms with van der Waals surface area (Å²) in [5.41, 5.74) is 0. The molecule has 1 heterocycles. The lowest BCUT2D eigenvalue weighted by Gasteiger charge is -2.07. The summed E-state index contributed by atoms with van der Waals surface area (Å²) in [5, 5.41) is 8.38. The zero-order valence-electron chi connectivity index (χ0n) is 5.91. The van der Waals surface area contributed by atoms with Crippen LogP contribution >= 0.6 is 0 Å². The second-order valence-electron chi connectivity index (χ2n) is 2.24. The van der Waals surface area contributed by atoms with Crippen molar-refractivity contribution in [3.05, 3.63) is 0 Å². The van der Waals surface area contributed by atoms with Crippen molar-refractivity contribution in [2.45, 2.75) is 12.8 Å². The van der Waals surface area contributed by atoms with E-state index in [1.807, 2.05) is 0 Å². The Kier molecular flexibility index (Phi) is 4.13. The largest absolute Gasteiger partial charge is 0.381 e. The van der Waals surface area contributed by atoms with Gasteiger partial charge in [-0.05, 0) is 4.33 Å². The average Bonchev–Trinajstić information content (AvgIpc) is 1.87. The predicted molar refractivity (Wildman–Crippen MR) is 40.9 cm³/mol. The van der Waals surface area contributed by atoms with E-state index in [0.717, 1.165) is 37.6 Å². The third-order valence-corrected chi connectivity index (χ3v) is 3.13. The van der Waals surface area contributed by atoms with E-state index in [-0.39, 0.29) is 11.2 Å². The second-order valence-corrected chi connectivity index (χ2v) is 4.09. The molecule has 0 bridgehead atoms. The Morgan fingerprint density at radius 1 is 1.20 bits per heavy atom. The number of ether oxygens (including phenoxy) is 1. The van der Waals surface area contributed by atoms with Crippen molar-refractivity contribution in [2.24, 2.45) is 0 Å². The van der Waals surface area contributed by atoms with Gasteiger partial charge in [0.15, 0.2) is 11.2 Å². The van der Waals surface area contributed by atoms with Crippen molar-refractivity contribution >= 4 is 11.2 Å². The van der Waals surface area contributed by atoms with Crippen LogP contribution in [-0.2, 0) is 20.2 Å². The minimum absolute atomic E-state index is 0.205. The van der Waals surface area contributed by atoms with Gasteiger partial charge >= 0.3 is 0 Å². The van der Waals surface area contributed by atoms with Crippen LogP contribution in [0.4, 0.5) is 0 Å². The first-order valence-electron chi connectivity index (χ1n) is 3.50. The average molecular weight is 165 g/mol. The Balaban J connectivity index is 2.16. The molecule has 4 heteroatoms. The van der Waals surface area contributed by atoms with E-state index in [1.54, 1.807) is 0 Å². The highest BCUT2D eigenvalue weighted by Gasteiger charge is 2.21. The molecule has 0 saturated carbocycles. The minimum atomic E-state index is -0.205. The zero-order chi connectivity index (χ0) is 7.23. The topological polar surface area (TPSA) is 38.7 Å². The lowest BCUT2D eigenvalue weighted by Crippen LogP contribution is -2.20. The van der Waals surface area contributed by atoms with Gasteiger partial charge in [-0.3, -0.25) is 0 Å². The van der Waals surface area contributed by atoms with Crippen LogP contribution in [0.15, 0.2) is 0 Å². The first-order chi connectivity index (χ1) is 4.93. The summed E-state index contributed by atoms with van der Waals surface area (Å²) in [6.45, 7) is 1.62. The lowest BCUT2D eigenvalue weighted by molar-refractivity contribution is -0.122. The van der Waals surface area contributed by atoms with Crippen LogP contribution in [0.5, 0.6) is 0 Å². The molecule has 10 heavy (non-hydrogen) atoms. The predicted octanol–water partition coefficient (Wildman–Crippen LogP) is 0.820. The fourth-order valence-corrected chi connectivity index (χ4v) is 2.16. The monoisotopic (exact) mass is 165 g/mol. The Hall–Kier alpha value is 0.230. The molecule has 0 aliphatic carbocycles. The van der Waals surface area contributed by atoms with Crippen molar-refractivity contribution < 1.29 is 14.3 Å². The van der Waals surface area contributed by atoms with E-state index in [0.29, 0.717) is 0 Å². The molecule has 1 rings (SSSR count). The van der Waals surface area contributed by atoms with E-state index in [9.17, 15) is 0 Å². The van der Waals surface area contributed by atoms with Crippen LogP contribution in [-0.4, -0.2) is 30.0 Å². The summed E-state index contributed by atoms with van der Waals surface area (Å²) in [4.78, 5) is 0. The third kappa shape index (κ3) is 2.88. The SMILES string of the molecule is OO[S+]1CCCOCCC1. The van der Waals surface area contributed by atoms with Crippen LogP contribution in [0.1, 0.15) is 12.8 Å². The molecular weight excluding hydrogens is 152 g/mol. The van der Waals surface area contributed by atoms with Gasteiger partial charge in [0.05, 0.1) is 13.2 Å². The summed E-state index contributed by atoms with van der Waals surface area (Å²) in [5.74, 6) is 1.88. The van der Waals surface area contributed by atoms with Crippen LogP contribution in [0, 0.1) is 0 Å². The molecule has 60 valence electrons. The van der Waals surface area contributed by atoms with Gasteiger partial charge in [0.1, 0.15) is 11.5 Å². The van der Waals surface area contributed by atoms with Gasteiger partial charge in [0.2, 0.25) is 0 Å². The molecule has 0 amide bonds. The molecule has 0 atom stereocenters. The van der Waals surface area contributed by atoms with E-state index in [4.69, 9.17) is 9.99 Å². The molecule has 1 aliphatic heterocycles. The summed E-state index contributed by atoms with van der Waals surface area (Å²) in [7, 11) is 0. The zero-order valence-corrected chi connectivity index (χ0v) is 6.73. The standard InChI is InChI=1S/C6H12O3S/c7-9-10-5-1-3-8-4-2-6-10/h1-6H2/p+1. The molecule has 0 aromatic rings. The molecule has 0 radical (unpaired) electrons. The summed E-state index contributed by atoms with van der Waals surface area (Å²) in [6.07, 6.45) is 2.01. The quantitative estimate of drug-likeness (QED) is 0.355. The van der Waals surface area contributed by atoms with Crippen LogP contribution < -0.4 is 0 Å². The van der Waals surface area contributed by atoms with Gasteiger partial charge in [-0.15, -0.1) is 0 Å². The molecule has 1 fully saturated rings. The third-order valence-electron chi connectivity index (χ3n) is 1.43. The minimum Gasteiger partial charge on any atom is -0.381 e. The number of rotatable bonds is 1. The van der Waals surface area contributed by atoms with E-state index < -0.39 is 0 Å². The van der Waals surface area contributed by atoms with E-state index in [1.165, 1.54) is 0 Å². The summed E-state index contributed by atoms with van der Waals surface area (Å²) in [6, 6.07) is 0. The maximum absolute atomic E-state index is 8.38. The van der Waals surface area contributed by atoms with Gasteiger partial charge in [-0.2, -0.15) is 0 Å². The van der Waals surface area contributed by atoms with Crippen molar-refractivity contribution in [1.82, 2.24) is 0 Å². The highest BCUT2D eigenvalue weighted by molar-refractivity contribution is 7.92. The molecule has 1 aliphatic rings. The molecule has 3 nitrogen and oxygen atoms in total. The van der Waals surface area contributed by atoms with Gasteiger partial charge in [0, 0.05) is 12.8 Å². The van der Waals surface area contributed by atoms with Gasteiger partial charge in [0.25, 0.3) is 0 Å².